The van der Waals surface area contributed by atoms with Gasteiger partial charge in [0.15, 0.2) is 0 Å². The first kappa shape index (κ1) is 15.6. The summed E-state index contributed by atoms with van der Waals surface area (Å²) in [4.78, 5) is 9.57. The lowest BCUT2D eigenvalue weighted by atomic mass is 10.0. The molecule has 3 nitrogen and oxygen atoms in total. The van der Waals surface area contributed by atoms with Gasteiger partial charge in [0.25, 0.3) is 0 Å². The van der Waals surface area contributed by atoms with Crippen LogP contribution in [-0.2, 0) is 12.3 Å². The van der Waals surface area contributed by atoms with Crippen LogP contribution < -0.4 is 4.90 Å². The predicted octanol–water partition coefficient (Wildman–Crippen LogP) is 3.30. The van der Waals surface area contributed by atoms with Gasteiger partial charge >= 0.3 is 0 Å². The highest BCUT2D eigenvalue weighted by Gasteiger charge is 2.21. The minimum Gasteiger partial charge on any atom is -0.357 e. The Hall–Kier alpha value is -0.800. The van der Waals surface area contributed by atoms with Gasteiger partial charge in [0.05, 0.1) is 0 Å². The van der Waals surface area contributed by atoms with Crippen LogP contribution in [0.2, 0.25) is 0 Å². The number of likely N-dealkylation sites (tertiary alicyclic amines) is 1. The molecule has 0 N–H and O–H groups in total. The van der Waals surface area contributed by atoms with Crippen LogP contribution in [0.4, 0.5) is 5.82 Å². The summed E-state index contributed by atoms with van der Waals surface area (Å²) in [5, 5.41) is 0. The molecule has 0 bridgehead atoms. The molecule has 4 heteroatoms. The zero-order chi connectivity index (χ0) is 14.5. The van der Waals surface area contributed by atoms with Crippen molar-refractivity contribution in [1.82, 2.24) is 9.88 Å². The summed E-state index contributed by atoms with van der Waals surface area (Å²) >= 11 is 6.03. The minimum absolute atomic E-state index is 0.563. The molecule has 2 rings (SSSR count). The van der Waals surface area contributed by atoms with Crippen molar-refractivity contribution in [2.75, 3.05) is 32.1 Å². The smallest absolute Gasteiger partial charge is 0.129 e. The zero-order valence-electron chi connectivity index (χ0n) is 12.9. The molecule has 1 saturated heterocycles. The summed E-state index contributed by atoms with van der Waals surface area (Å²) in [6.45, 7) is 4.54. The number of piperidine rings is 1. The van der Waals surface area contributed by atoms with Crippen LogP contribution in [0.5, 0.6) is 0 Å². The molecule has 0 radical (unpaired) electrons. The van der Waals surface area contributed by atoms with Crippen LogP contribution in [0.15, 0.2) is 12.1 Å². The predicted molar refractivity (Wildman–Crippen MR) is 86.7 cm³/mol. The van der Waals surface area contributed by atoms with Crippen molar-refractivity contribution >= 4 is 17.4 Å². The van der Waals surface area contributed by atoms with Gasteiger partial charge in [-0.05, 0) is 57.1 Å². The summed E-state index contributed by atoms with van der Waals surface area (Å²) < 4.78 is 0. The highest BCUT2D eigenvalue weighted by molar-refractivity contribution is 6.17. The van der Waals surface area contributed by atoms with E-state index < -0.39 is 0 Å². The number of hydrogen-bond donors (Lipinski definition) is 0. The van der Waals surface area contributed by atoms with Crippen LogP contribution in [0.1, 0.15) is 37.4 Å². The van der Waals surface area contributed by atoms with Gasteiger partial charge in [-0.3, -0.25) is 0 Å². The fourth-order valence-electron chi connectivity index (χ4n) is 2.84. The van der Waals surface area contributed by atoms with Crippen molar-refractivity contribution < 1.29 is 0 Å². The summed E-state index contributed by atoms with van der Waals surface area (Å²) in [5.74, 6) is 1.65. The average molecular weight is 296 g/mol. The number of anilines is 1. The molecule has 0 aromatic carbocycles. The number of rotatable bonds is 5. The molecule has 20 heavy (non-hydrogen) atoms. The topological polar surface area (TPSA) is 19.4 Å². The molecule has 1 aliphatic heterocycles. The number of aryl methyl sites for hydroxylation is 1. The first-order valence-corrected chi connectivity index (χ1v) is 8.14. The number of aromatic nitrogens is 1. The van der Waals surface area contributed by atoms with Crippen molar-refractivity contribution in [3.8, 4) is 0 Å². The molecule has 0 amide bonds. The van der Waals surface area contributed by atoms with Crippen molar-refractivity contribution in [3.05, 3.63) is 23.4 Å². The van der Waals surface area contributed by atoms with Gasteiger partial charge in [0.1, 0.15) is 5.82 Å². The van der Waals surface area contributed by atoms with Gasteiger partial charge in [-0.15, -0.1) is 11.6 Å². The molecular weight excluding hydrogens is 270 g/mol. The normalized spacial score (nSPS) is 17.4. The standard InChI is InChI=1S/C16H26ClN3/c1-4-5-14-10-13(12-17)11-16(18-14)20(3)15-6-8-19(2)9-7-15/h10-11,15H,4-9,12H2,1-3H3. The van der Waals surface area contributed by atoms with Crippen LogP contribution in [0, 0.1) is 0 Å². The molecule has 0 spiro atoms. The molecule has 1 aliphatic rings. The molecule has 1 aromatic heterocycles. The third kappa shape index (κ3) is 3.86. The number of pyridine rings is 1. The molecular formula is C16H26ClN3. The maximum atomic E-state index is 6.03. The molecule has 1 fully saturated rings. The Kier molecular flexibility index (Phi) is 5.67. The highest BCUT2D eigenvalue weighted by atomic mass is 35.5. The van der Waals surface area contributed by atoms with Gasteiger partial charge in [-0.25, -0.2) is 4.98 Å². The fourth-order valence-corrected chi connectivity index (χ4v) is 3.00. The zero-order valence-corrected chi connectivity index (χ0v) is 13.7. The SMILES string of the molecule is CCCc1cc(CCl)cc(N(C)C2CCN(C)CC2)n1. The largest absolute Gasteiger partial charge is 0.357 e. The maximum absolute atomic E-state index is 6.03. The Bertz CT molecular complexity index is 428. The highest BCUT2D eigenvalue weighted by Crippen LogP contribution is 2.22. The Morgan fingerprint density at radius 1 is 1.35 bits per heavy atom. The van der Waals surface area contributed by atoms with Crippen LogP contribution in [-0.4, -0.2) is 43.1 Å². The van der Waals surface area contributed by atoms with Gasteiger partial charge in [-0.1, -0.05) is 13.3 Å². The molecule has 1 aromatic rings. The van der Waals surface area contributed by atoms with E-state index in [0.717, 1.165) is 18.7 Å². The molecule has 112 valence electrons. The molecule has 0 aliphatic carbocycles. The molecule has 0 saturated carbocycles. The summed E-state index contributed by atoms with van der Waals surface area (Å²) in [7, 11) is 4.37. The van der Waals surface area contributed by atoms with E-state index in [0.29, 0.717) is 11.9 Å². The van der Waals surface area contributed by atoms with Gasteiger partial charge in [-0.2, -0.15) is 0 Å². The van der Waals surface area contributed by atoms with Crippen LogP contribution >= 0.6 is 11.6 Å². The second kappa shape index (κ2) is 7.28. The lowest BCUT2D eigenvalue weighted by Crippen LogP contribution is -2.42. The first-order valence-electron chi connectivity index (χ1n) is 7.61. The Morgan fingerprint density at radius 3 is 2.65 bits per heavy atom. The van der Waals surface area contributed by atoms with E-state index in [-0.39, 0.29) is 0 Å². The number of nitrogens with zero attached hydrogens (tertiary/aromatic N) is 3. The third-order valence-corrected chi connectivity index (χ3v) is 4.49. The molecule has 0 atom stereocenters. The van der Waals surface area contributed by atoms with Crippen LogP contribution in [0.25, 0.3) is 0 Å². The monoisotopic (exact) mass is 295 g/mol. The van der Waals surface area contributed by atoms with Crippen molar-refractivity contribution in [2.45, 2.75) is 44.5 Å². The second-order valence-electron chi connectivity index (χ2n) is 5.85. The van der Waals surface area contributed by atoms with E-state index in [9.17, 15) is 0 Å². The van der Waals surface area contributed by atoms with Gasteiger partial charge < -0.3 is 9.80 Å². The minimum atomic E-state index is 0.563. The average Bonchev–Trinajstić information content (AvgIpc) is 2.47. The Balaban J connectivity index is 2.15. The third-order valence-electron chi connectivity index (χ3n) is 4.18. The van der Waals surface area contributed by atoms with E-state index in [1.807, 2.05) is 0 Å². The van der Waals surface area contributed by atoms with E-state index in [1.54, 1.807) is 0 Å². The quantitative estimate of drug-likeness (QED) is 0.777. The van der Waals surface area contributed by atoms with Crippen LogP contribution in [0.3, 0.4) is 0 Å². The second-order valence-corrected chi connectivity index (χ2v) is 6.12. The first-order chi connectivity index (χ1) is 9.63. The Labute approximate surface area is 127 Å². The maximum Gasteiger partial charge on any atom is 0.129 e. The number of alkyl halides is 1. The van der Waals surface area contributed by atoms with Crippen molar-refractivity contribution in [3.63, 3.8) is 0 Å². The van der Waals surface area contributed by atoms with E-state index in [4.69, 9.17) is 16.6 Å². The number of hydrogen-bond acceptors (Lipinski definition) is 3. The van der Waals surface area contributed by atoms with Gasteiger partial charge in [0.2, 0.25) is 0 Å². The molecule has 2 heterocycles. The molecule has 0 unspecified atom stereocenters. The summed E-state index contributed by atoms with van der Waals surface area (Å²) in [5.41, 5.74) is 2.35. The van der Waals surface area contributed by atoms with E-state index >= 15 is 0 Å². The number of halogens is 1. The van der Waals surface area contributed by atoms with E-state index in [2.05, 4.69) is 43.0 Å². The summed E-state index contributed by atoms with van der Waals surface area (Å²) in [6.07, 6.45) is 4.57. The van der Waals surface area contributed by atoms with Crippen molar-refractivity contribution in [1.29, 1.82) is 0 Å². The fraction of sp³-hybridized carbons (Fsp3) is 0.688. The Morgan fingerprint density at radius 2 is 2.05 bits per heavy atom. The van der Waals surface area contributed by atoms with E-state index in [1.165, 1.54) is 37.2 Å². The lowest BCUT2D eigenvalue weighted by Gasteiger charge is -2.36. The van der Waals surface area contributed by atoms with Gasteiger partial charge in [0, 0.05) is 24.7 Å². The lowest BCUT2D eigenvalue weighted by molar-refractivity contribution is 0.252. The summed E-state index contributed by atoms with van der Waals surface area (Å²) in [6, 6.07) is 4.88. The van der Waals surface area contributed by atoms with Crippen molar-refractivity contribution in [2.24, 2.45) is 0 Å².